The number of nitrogens with one attached hydrogen (secondary N) is 1. The number of pyridine rings is 1. The first-order valence-corrected chi connectivity index (χ1v) is 11.6. The number of likely N-dealkylation sites (tertiary alicyclic amines) is 1. The van der Waals surface area contributed by atoms with Crippen LogP contribution in [-0.2, 0) is 24.1 Å². The Balaban J connectivity index is 1.64. The Hall–Kier alpha value is -2.88. The number of carbonyl (C=O) groups excluding carboxylic acids is 2. The molecule has 0 radical (unpaired) electrons. The first kappa shape index (κ1) is 24.3. The van der Waals surface area contributed by atoms with Crippen LogP contribution >= 0.6 is 0 Å². The Labute approximate surface area is 196 Å². The van der Waals surface area contributed by atoms with Crippen molar-refractivity contribution in [3.8, 4) is 0 Å². The number of amides is 2. The Morgan fingerprint density at radius 1 is 1.29 bits per heavy atom. The molecule has 0 aliphatic carbocycles. The summed E-state index contributed by atoms with van der Waals surface area (Å²) in [5.41, 5.74) is 1.66. The summed E-state index contributed by atoms with van der Waals surface area (Å²) < 4.78 is 46.1. The molecule has 0 aromatic carbocycles. The van der Waals surface area contributed by atoms with Crippen LogP contribution in [0.25, 0.3) is 0 Å². The molecule has 2 atom stereocenters. The first-order valence-electron chi connectivity index (χ1n) is 11.6. The minimum atomic E-state index is -4.53. The molecule has 1 saturated heterocycles. The van der Waals surface area contributed by atoms with Gasteiger partial charge in [0.15, 0.2) is 0 Å². The van der Waals surface area contributed by atoms with Gasteiger partial charge < -0.3 is 19.5 Å². The minimum absolute atomic E-state index is 0.0799. The molecular weight excluding hydrogens is 449 g/mol. The molecule has 2 amide bonds. The lowest BCUT2D eigenvalue weighted by Crippen LogP contribution is -2.36. The van der Waals surface area contributed by atoms with Crippen molar-refractivity contribution in [1.82, 2.24) is 19.8 Å². The molecule has 4 heterocycles. The maximum Gasteiger partial charge on any atom is 0.433 e. The monoisotopic (exact) mass is 478 g/mol. The van der Waals surface area contributed by atoms with E-state index in [9.17, 15) is 22.8 Å². The van der Waals surface area contributed by atoms with E-state index in [1.54, 1.807) is 6.92 Å². The van der Waals surface area contributed by atoms with Crippen molar-refractivity contribution in [3.05, 3.63) is 52.1 Å². The Bertz CT molecular complexity index is 1080. The molecule has 2 aliphatic rings. The van der Waals surface area contributed by atoms with E-state index in [2.05, 4.69) is 10.3 Å². The second-order valence-electron chi connectivity index (χ2n) is 8.90. The normalized spacial score (nSPS) is 19.1. The van der Waals surface area contributed by atoms with Crippen LogP contribution < -0.4 is 5.32 Å². The van der Waals surface area contributed by atoms with Crippen molar-refractivity contribution < 1.29 is 27.5 Å². The third-order valence-electron chi connectivity index (χ3n) is 6.75. The molecule has 7 nitrogen and oxygen atoms in total. The number of carbonyl (C=O) groups is 2. The number of nitrogens with zero attached hydrogens (tertiary/aromatic N) is 3. The van der Waals surface area contributed by atoms with Gasteiger partial charge in [0.05, 0.1) is 30.5 Å². The van der Waals surface area contributed by atoms with Crippen LogP contribution in [0.3, 0.4) is 0 Å². The van der Waals surface area contributed by atoms with Crippen molar-refractivity contribution >= 4 is 11.8 Å². The number of ether oxygens (including phenoxy) is 1. The van der Waals surface area contributed by atoms with Gasteiger partial charge in [0.2, 0.25) is 0 Å². The molecule has 2 aromatic heterocycles. The van der Waals surface area contributed by atoms with Crippen LogP contribution in [0.5, 0.6) is 0 Å². The maximum atomic E-state index is 13.4. The fourth-order valence-corrected chi connectivity index (χ4v) is 4.91. The first-order chi connectivity index (χ1) is 16.1. The summed E-state index contributed by atoms with van der Waals surface area (Å²) in [6.07, 6.45) is -1.01. The number of rotatable bonds is 5. The van der Waals surface area contributed by atoms with Gasteiger partial charge in [-0.1, -0.05) is 13.0 Å². The van der Waals surface area contributed by atoms with Gasteiger partial charge in [-0.15, -0.1) is 0 Å². The highest BCUT2D eigenvalue weighted by molar-refractivity contribution is 6.03. The fourth-order valence-electron chi connectivity index (χ4n) is 4.91. The van der Waals surface area contributed by atoms with Gasteiger partial charge in [0.1, 0.15) is 11.4 Å². The van der Waals surface area contributed by atoms with E-state index in [0.29, 0.717) is 54.2 Å². The predicted molar refractivity (Wildman–Crippen MR) is 118 cm³/mol. The number of hydrogen-bond donors (Lipinski definition) is 1. The van der Waals surface area contributed by atoms with Crippen LogP contribution in [0.1, 0.15) is 82.5 Å². The third-order valence-corrected chi connectivity index (χ3v) is 6.75. The second kappa shape index (κ2) is 9.40. The Morgan fingerprint density at radius 3 is 2.65 bits per heavy atom. The molecule has 10 heteroatoms. The summed E-state index contributed by atoms with van der Waals surface area (Å²) in [6.45, 7) is 7.47. The van der Waals surface area contributed by atoms with Crippen molar-refractivity contribution in [2.45, 2.75) is 71.4 Å². The number of aromatic nitrogens is 2. The molecule has 1 N–H and O–H groups in total. The SMILES string of the molecule is CC[C@@H](NC(=O)c1c(C)c(C(=O)N2CCCC2C)n2c1COCC2)c1ccc(C(F)(F)F)nc1. The molecule has 0 bridgehead atoms. The topological polar surface area (TPSA) is 76.5 Å². The quantitative estimate of drug-likeness (QED) is 0.697. The molecule has 2 aliphatic heterocycles. The standard InChI is InChI=1S/C24H29F3N4O3/c1-4-17(16-7-8-19(28-12-16)24(25,26)27)29-22(32)20-15(3)21(31-10-11-34-13-18(20)31)23(33)30-9-5-6-14(30)2/h7-8,12,14,17H,4-6,9-11,13H2,1-3H3,(H,29,32)/t14?,17-/m1/s1. The molecular formula is C24H29F3N4O3. The van der Waals surface area contributed by atoms with Gasteiger partial charge in [-0.25, -0.2) is 0 Å². The lowest BCUT2D eigenvalue weighted by Gasteiger charge is -2.24. The highest BCUT2D eigenvalue weighted by Gasteiger charge is 2.35. The second-order valence-corrected chi connectivity index (χ2v) is 8.90. The highest BCUT2D eigenvalue weighted by atomic mass is 19.4. The van der Waals surface area contributed by atoms with Gasteiger partial charge >= 0.3 is 6.18 Å². The average Bonchev–Trinajstić information content (AvgIpc) is 3.36. The van der Waals surface area contributed by atoms with Crippen LogP contribution in [0, 0.1) is 6.92 Å². The number of fused-ring (bicyclic) bond motifs is 1. The zero-order valence-corrected chi connectivity index (χ0v) is 19.5. The Kier molecular flexibility index (Phi) is 6.71. The summed E-state index contributed by atoms with van der Waals surface area (Å²) in [4.78, 5) is 32.2. The largest absolute Gasteiger partial charge is 0.433 e. The Morgan fingerprint density at radius 2 is 2.06 bits per heavy atom. The fraction of sp³-hybridized carbons (Fsp3) is 0.542. The van der Waals surface area contributed by atoms with Gasteiger partial charge in [-0.3, -0.25) is 14.6 Å². The molecule has 4 rings (SSSR count). The van der Waals surface area contributed by atoms with Crippen LogP contribution in [0.15, 0.2) is 18.3 Å². The van der Waals surface area contributed by atoms with E-state index in [-0.39, 0.29) is 24.5 Å². The zero-order valence-electron chi connectivity index (χ0n) is 19.5. The molecule has 0 saturated carbocycles. The number of hydrogen-bond acceptors (Lipinski definition) is 4. The summed E-state index contributed by atoms with van der Waals surface area (Å²) in [7, 11) is 0. The number of alkyl halides is 3. The van der Waals surface area contributed by atoms with E-state index >= 15 is 0 Å². The lowest BCUT2D eigenvalue weighted by atomic mass is 10.0. The summed E-state index contributed by atoms with van der Waals surface area (Å²) in [5, 5.41) is 2.93. The van der Waals surface area contributed by atoms with Crippen LogP contribution in [0.2, 0.25) is 0 Å². The molecule has 2 aromatic rings. The minimum Gasteiger partial charge on any atom is -0.373 e. The van der Waals surface area contributed by atoms with Crippen molar-refractivity contribution in [2.75, 3.05) is 13.2 Å². The number of halogens is 3. The maximum absolute atomic E-state index is 13.4. The molecule has 1 unspecified atom stereocenters. The van der Waals surface area contributed by atoms with Crippen molar-refractivity contribution in [1.29, 1.82) is 0 Å². The van der Waals surface area contributed by atoms with E-state index in [1.807, 2.05) is 23.3 Å². The molecule has 34 heavy (non-hydrogen) atoms. The smallest absolute Gasteiger partial charge is 0.373 e. The van der Waals surface area contributed by atoms with Crippen LogP contribution in [-0.4, -0.2) is 45.5 Å². The van der Waals surface area contributed by atoms with Gasteiger partial charge in [-0.2, -0.15) is 13.2 Å². The van der Waals surface area contributed by atoms with Gasteiger partial charge in [0, 0.05) is 25.3 Å². The summed E-state index contributed by atoms with van der Waals surface area (Å²) >= 11 is 0. The van der Waals surface area contributed by atoms with E-state index in [4.69, 9.17) is 4.74 Å². The molecule has 1 fully saturated rings. The highest BCUT2D eigenvalue weighted by Crippen LogP contribution is 2.31. The summed E-state index contributed by atoms with van der Waals surface area (Å²) in [5.74, 6) is -0.462. The van der Waals surface area contributed by atoms with Crippen molar-refractivity contribution in [3.63, 3.8) is 0 Å². The average molecular weight is 479 g/mol. The lowest BCUT2D eigenvalue weighted by molar-refractivity contribution is -0.141. The molecule has 184 valence electrons. The van der Waals surface area contributed by atoms with E-state index < -0.39 is 17.9 Å². The third kappa shape index (κ3) is 4.43. The van der Waals surface area contributed by atoms with Gasteiger partial charge in [0.25, 0.3) is 11.8 Å². The zero-order chi connectivity index (χ0) is 24.6. The predicted octanol–water partition coefficient (Wildman–Crippen LogP) is 4.25. The van der Waals surface area contributed by atoms with E-state index in [0.717, 1.165) is 25.1 Å². The van der Waals surface area contributed by atoms with Gasteiger partial charge in [-0.05, 0) is 50.3 Å². The van der Waals surface area contributed by atoms with Crippen molar-refractivity contribution in [2.24, 2.45) is 0 Å². The van der Waals surface area contributed by atoms with Crippen LogP contribution in [0.4, 0.5) is 13.2 Å². The van der Waals surface area contributed by atoms with E-state index in [1.165, 1.54) is 6.07 Å². The summed E-state index contributed by atoms with van der Waals surface area (Å²) in [6, 6.07) is 1.86. The molecule has 0 spiro atoms.